The summed E-state index contributed by atoms with van der Waals surface area (Å²) in [6.07, 6.45) is 0. The molecule has 5 rings (SSSR count). The Morgan fingerprint density at radius 1 is 0.875 bits per heavy atom. The molecule has 156 valence electrons. The second kappa shape index (κ2) is 8.29. The quantitative estimate of drug-likeness (QED) is 0.358. The van der Waals surface area contributed by atoms with E-state index in [4.69, 9.17) is 11.6 Å². The summed E-state index contributed by atoms with van der Waals surface area (Å²) < 4.78 is 1.69. The number of hydrogen-bond acceptors (Lipinski definition) is 3. The van der Waals surface area contributed by atoms with Gasteiger partial charge in [0, 0.05) is 16.3 Å². The Balaban J connectivity index is 1.55. The molecule has 0 saturated carbocycles. The summed E-state index contributed by atoms with van der Waals surface area (Å²) in [5.41, 5.74) is 3.32. The first-order chi connectivity index (χ1) is 15.6. The van der Waals surface area contributed by atoms with E-state index in [0.717, 1.165) is 27.6 Å². The summed E-state index contributed by atoms with van der Waals surface area (Å²) in [5, 5.41) is 10.2. The van der Waals surface area contributed by atoms with Gasteiger partial charge in [0.1, 0.15) is 0 Å². The van der Waals surface area contributed by atoms with E-state index in [1.807, 2.05) is 91.9 Å². The SMILES string of the molecule is Cc1ccccc1-n1nc(C(=O)Nc2ccc3ccccc3c2)nc1-c1cccc(Cl)c1. The number of amides is 1. The molecule has 5 aromatic rings. The van der Waals surface area contributed by atoms with Crippen LogP contribution in [0.15, 0.2) is 91.0 Å². The Kier molecular flexibility index (Phi) is 5.17. The van der Waals surface area contributed by atoms with E-state index in [1.165, 1.54) is 0 Å². The topological polar surface area (TPSA) is 59.8 Å². The standard InChI is InChI=1S/C26H19ClN4O/c1-17-7-2-5-12-23(17)31-25(20-10-6-11-21(27)15-20)29-24(30-31)26(32)28-22-14-13-18-8-3-4-9-19(18)16-22/h2-16H,1H3,(H,28,32). The van der Waals surface area contributed by atoms with Crippen LogP contribution in [0.1, 0.15) is 16.2 Å². The highest BCUT2D eigenvalue weighted by Crippen LogP contribution is 2.26. The maximum Gasteiger partial charge on any atom is 0.295 e. The molecule has 0 aliphatic rings. The number of hydrogen-bond donors (Lipinski definition) is 1. The molecule has 0 aliphatic carbocycles. The van der Waals surface area contributed by atoms with Crippen LogP contribution in [0.3, 0.4) is 0 Å². The van der Waals surface area contributed by atoms with E-state index in [9.17, 15) is 4.79 Å². The van der Waals surface area contributed by atoms with Gasteiger partial charge in [-0.3, -0.25) is 4.79 Å². The lowest BCUT2D eigenvalue weighted by atomic mass is 10.1. The van der Waals surface area contributed by atoms with E-state index in [2.05, 4.69) is 15.4 Å². The summed E-state index contributed by atoms with van der Waals surface area (Å²) in [7, 11) is 0. The van der Waals surface area contributed by atoms with Gasteiger partial charge in [-0.1, -0.05) is 72.3 Å². The average molecular weight is 439 g/mol. The number of nitrogens with zero attached hydrogens (tertiary/aromatic N) is 3. The van der Waals surface area contributed by atoms with Gasteiger partial charge in [0.05, 0.1) is 5.69 Å². The van der Waals surface area contributed by atoms with Crippen molar-refractivity contribution in [1.29, 1.82) is 0 Å². The lowest BCUT2D eigenvalue weighted by Gasteiger charge is -2.08. The number of carbonyl (C=O) groups is 1. The molecule has 0 saturated heterocycles. The van der Waals surface area contributed by atoms with Crippen LogP contribution in [0.25, 0.3) is 27.8 Å². The number of rotatable bonds is 4. The van der Waals surface area contributed by atoms with Crippen LogP contribution in [-0.4, -0.2) is 20.7 Å². The molecule has 5 nitrogen and oxygen atoms in total. The van der Waals surface area contributed by atoms with Crippen molar-refractivity contribution in [3.63, 3.8) is 0 Å². The van der Waals surface area contributed by atoms with Gasteiger partial charge in [0.15, 0.2) is 5.82 Å². The largest absolute Gasteiger partial charge is 0.319 e. The highest BCUT2D eigenvalue weighted by atomic mass is 35.5. The second-order valence-corrected chi connectivity index (χ2v) is 7.92. The zero-order valence-corrected chi connectivity index (χ0v) is 18.0. The Morgan fingerprint density at radius 3 is 2.47 bits per heavy atom. The number of anilines is 1. The number of carbonyl (C=O) groups excluding carboxylic acids is 1. The normalized spacial score (nSPS) is 10.9. The fourth-order valence-corrected chi connectivity index (χ4v) is 3.84. The van der Waals surface area contributed by atoms with Crippen molar-refractivity contribution in [3.8, 4) is 17.1 Å². The van der Waals surface area contributed by atoms with Gasteiger partial charge in [-0.25, -0.2) is 9.67 Å². The molecule has 1 amide bonds. The van der Waals surface area contributed by atoms with E-state index in [-0.39, 0.29) is 11.7 Å². The zero-order valence-electron chi connectivity index (χ0n) is 17.3. The molecule has 6 heteroatoms. The average Bonchev–Trinajstić information content (AvgIpc) is 3.25. The van der Waals surface area contributed by atoms with Crippen molar-refractivity contribution in [2.75, 3.05) is 5.32 Å². The lowest BCUT2D eigenvalue weighted by Crippen LogP contribution is -2.14. The van der Waals surface area contributed by atoms with Crippen molar-refractivity contribution in [2.45, 2.75) is 6.92 Å². The lowest BCUT2D eigenvalue weighted by molar-refractivity contribution is 0.101. The minimum Gasteiger partial charge on any atom is -0.319 e. The maximum absolute atomic E-state index is 13.1. The molecular weight excluding hydrogens is 420 g/mol. The summed E-state index contributed by atoms with van der Waals surface area (Å²) in [6, 6.07) is 29.0. The number of aryl methyl sites for hydroxylation is 1. The smallest absolute Gasteiger partial charge is 0.295 e. The molecule has 1 N–H and O–H groups in total. The third kappa shape index (κ3) is 3.86. The van der Waals surface area contributed by atoms with Crippen LogP contribution in [-0.2, 0) is 0 Å². The Bertz CT molecular complexity index is 1460. The maximum atomic E-state index is 13.1. The van der Waals surface area contributed by atoms with E-state index in [0.29, 0.717) is 16.5 Å². The highest BCUT2D eigenvalue weighted by molar-refractivity contribution is 6.30. The number of nitrogens with one attached hydrogen (secondary N) is 1. The first-order valence-corrected chi connectivity index (χ1v) is 10.6. The van der Waals surface area contributed by atoms with Gasteiger partial charge in [-0.05, 0) is 53.6 Å². The third-order valence-corrected chi connectivity index (χ3v) is 5.48. The van der Waals surface area contributed by atoms with Crippen LogP contribution in [0.5, 0.6) is 0 Å². The zero-order chi connectivity index (χ0) is 22.1. The van der Waals surface area contributed by atoms with Crippen molar-refractivity contribution >= 4 is 34.0 Å². The fourth-order valence-electron chi connectivity index (χ4n) is 3.65. The van der Waals surface area contributed by atoms with Gasteiger partial charge >= 0.3 is 0 Å². The van der Waals surface area contributed by atoms with Gasteiger partial charge < -0.3 is 5.32 Å². The van der Waals surface area contributed by atoms with Crippen molar-refractivity contribution in [1.82, 2.24) is 14.8 Å². The Hall–Kier alpha value is -3.96. The fraction of sp³-hybridized carbons (Fsp3) is 0.0385. The first-order valence-electron chi connectivity index (χ1n) is 10.2. The van der Waals surface area contributed by atoms with Crippen LogP contribution in [0, 0.1) is 6.92 Å². The molecule has 0 bridgehead atoms. The van der Waals surface area contributed by atoms with Crippen molar-refractivity contribution in [2.24, 2.45) is 0 Å². The molecule has 0 radical (unpaired) electrons. The number of aromatic nitrogens is 3. The van der Waals surface area contributed by atoms with Crippen LogP contribution in [0.2, 0.25) is 5.02 Å². The predicted octanol–water partition coefficient (Wildman–Crippen LogP) is 6.30. The molecule has 4 aromatic carbocycles. The molecule has 1 heterocycles. The van der Waals surface area contributed by atoms with Gasteiger partial charge in [0.25, 0.3) is 5.91 Å². The molecule has 32 heavy (non-hydrogen) atoms. The molecule has 1 aromatic heterocycles. The molecule has 0 unspecified atom stereocenters. The molecule has 0 atom stereocenters. The van der Waals surface area contributed by atoms with Crippen molar-refractivity contribution in [3.05, 3.63) is 107 Å². The monoisotopic (exact) mass is 438 g/mol. The minimum atomic E-state index is -0.379. The highest BCUT2D eigenvalue weighted by Gasteiger charge is 2.20. The predicted molar refractivity (Wildman–Crippen MR) is 128 cm³/mol. The molecule has 0 fully saturated rings. The summed E-state index contributed by atoms with van der Waals surface area (Å²) in [5.74, 6) is 0.248. The molecule has 0 aliphatic heterocycles. The van der Waals surface area contributed by atoms with Crippen LogP contribution in [0.4, 0.5) is 5.69 Å². The van der Waals surface area contributed by atoms with Crippen LogP contribution >= 0.6 is 11.6 Å². The third-order valence-electron chi connectivity index (χ3n) is 5.24. The van der Waals surface area contributed by atoms with E-state index in [1.54, 1.807) is 10.7 Å². The molecule has 0 spiro atoms. The Labute approximate surface area is 190 Å². The second-order valence-electron chi connectivity index (χ2n) is 7.48. The summed E-state index contributed by atoms with van der Waals surface area (Å²) >= 11 is 6.21. The number of benzene rings is 4. The van der Waals surface area contributed by atoms with E-state index >= 15 is 0 Å². The van der Waals surface area contributed by atoms with Crippen molar-refractivity contribution < 1.29 is 4.79 Å². The number of fused-ring (bicyclic) bond motifs is 1. The minimum absolute atomic E-state index is 0.0800. The number of para-hydroxylation sites is 1. The van der Waals surface area contributed by atoms with Gasteiger partial charge in [-0.15, -0.1) is 5.10 Å². The number of halogens is 1. The molecular formula is C26H19ClN4O. The van der Waals surface area contributed by atoms with Gasteiger partial charge in [-0.2, -0.15) is 0 Å². The first kappa shape index (κ1) is 20.0. The van der Waals surface area contributed by atoms with Crippen LogP contribution < -0.4 is 5.32 Å². The van der Waals surface area contributed by atoms with Gasteiger partial charge in [0.2, 0.25) is 5.82 Å². The van der Waals surface area contributed by atoms with E-state index < -0.39 is 0 Å². The summed E-state index contributed by atoms with van der Waals surface area (Å²) in [4.78, 5) is 17.6. The summed E-state index contributed by atoms with van der Waals surface area (Å²) in [6.45, 7) is 1.99. The Morgan fingerprint density at radius 2 is 1.66 bits per heavy atom.